The van der Waals surface area contributed by atoms with Crippen molar-refractivity contribution in [1.82, 2.24) is 9.80 Å². The number of benzene rings is 1. The Morgan fingerprint density at radius 2 is 1.73 bits per heavy atom. The number of amides is 2. The number of rotatable bonds is 5. The Bertz CT molecular complexity index is 710. The van der Waals surface area contributed by atoms with Crippen molar-refractivity contribution in [2.75, 3.05) is 13.7 Å². The number of carbonyl (C=O) groups is 3. The molecular formula is C20H26N2O4. The van der Waals surface area contributed by atoms with Crippen LogP contribution < -0.4 is 0 Å². The first-order chi connectivity index (χ1) is 12.3. The van der Waals surface area contributed by atoms with Crippen molar-refractivity contribution in [3.63, 3.8) is 0 Å². The van der Waals surface area contributed by atoms with Crippen molar-refractivity contribution >= 4 is 23.5 Å². The highest BCUT2D eigenvalue weighted by Crippen LogP contribution is 2.30. The largest absolute Gasteiger partial charge is 0.468 e. The van der Waals surface area contributed by atoms with E-state index in [-0.39, 0.29) is 30.2 Å². The van der Waals surface area contributed by atoms with Crippen LogP contribution in [0.3, 0.4) is 0 Å². The molecule has 6 nitrogen and oxygen atoms in total. The summed E-state index contributed by atoms with van der Waals surface area (Å²) in [7, 11) is 1.29. The summed E-state index contributed by atoms with van der Waals surface area (Å²) in [4.78, 5) is 40.8. The average molecular weight is 358 g/mol. The number of nitrogens with zero attached hydrogens (tertiary/aromatic N) is 2. The van der Waals surface area contributed by atoms with Crippen LogP contribution >= 0.6 is 0 Å². The van der Waals surface area contributed by atoms with Gasteiger partial charge in [-0.15, -0.1) is 0 Å². The fraction of sp³-hybridized carbons (Fsp3) is 0.450. The predicted molar refractivity (Wildman–Crippen MR) is 98.5 cm³/mol. The summed E-state index contributed by atoms with van der Waals surface area (Å²) in [6.45, 7) is 7.20. The van der Waals surface area contributed by atoms with E-state index in [2.05, 4.69) is 0 Å². The average Bonchev–Trinajstić information content (AvgIpc) is 2.62. The highest BCUT2D eigenvalue weighted by Gasteiger charge is 2.41. The SMILES string of the molecule is COC(=O)CN1C(=O)C(C(C)C)N(C(=O)C(C)C)C=C1c1ccccc1. The molecule has 0 saturated carbocycles. The molecule has 0 aromatic heterocycles. The molecule has 26 heavy (non-hydrogen) atoms. The molecule has 0 spiro atoms. The standard InChI is InChI=1S/C20H26N2O4/c1-13(2)18-20(25)21(12-17(23)26-5)16(15-9-7-6-8-10-15)11-22(18)19(24)14(3)4/h6-11,13-14,18H,12H2,1-5H3. The minimum Gasteiger partial charge on any atom is -0.468 e. The van der Waals surface area contributed by atoms with Crippen molar-refractivity contribution in [3.8, 4) is 0 Å². The summed E-state index contributed by atoms with van der Waals surface area (Å²) in [6.07, 6.45) is 1.69. The fourth-order valence-electron chi connectivity index (χ4n) is 2.98. The van der Waals surface area contributed by atoms with Crippen molar-refractivity contribution in [1.29, 1.82) is 0 Å². The summed E-state index contributed by atoms with van der Waals surface area (Å²) < 4.78 is 4.75. The predicted octanol–water partition coefficient (Wildman–Crippen LogP) is 2.51. The van der Waals surface area contributed by atoms with Crippen molar-refractivity contribution < 1.29 is 19.1 Å². The lowest BCUT2D eigenvalue weighted by Gasteiger charge is -2.41. The number of methoxy groups -OCH3 is 1. The van der Waals surface area contributed by atoms with Crippen LogP contribution in [0.15, 0.2) is 36.5 Å². The highest BCUT2D eigenvalue weighted by atomic mass is 16.5. The Labute approximate surface area is 154 Å². The Morgan fingerprint density at radius 3 is 2.23 bits per heavy atom. The number of hydrogen-bond acceptors (Lipinski definition) is 4. The molecular weight excluding hydrogens is 332 g/mol. The van der Waals surface area contributed by atoms with E-state index in [9.17, 15) is 14.4 Å². The first kappa shape index (κ1) is 19.7. The van der Waals surface area contributed by atoms with E-state index in [0.717, 1.165) is 5.56 Å². The van der Waals surface area contributed by atoms with E-state index in [1.807, 2.05) is 44.2 Å². The van der Waals surface area contributed by atoms with Gasteiger partial charge in [0, 0.05) is 12.1 Å². The van der Waals surface area contributed by atoms with Crippen LogP contribution in [0.25, 0.3) is 5.70 Å². The van der Waals surface area contributed by atoms with Gasteiger partial charge in [-0.2, -0.15) is 0 Å². The Kier molecular flexibility index (Phi) is 6.18. The van der Waals surface area contributed by atoms with Crippen molar-refractivity contribution in [2.45, 2.75) is 33.7 Å². The van der Waals surface area contributed by atoms with Crippen molar-refractivity contribution in [3.05, 3.63) is 42.1 Å². The Balaban J connectivity index is 2.59. The third-order valence-corrected chi connectivity index (χ3v) is 4.34. The minimum absolute atomic E-state index is 0.0982. The van der Waals surface area contributed by atoms with Gasteiger partial charge in [-0.1, -0.05) is 58.0 Å². The second-order valence-corrected chi connectivity index (χ2v) is 6.97. The topological polar surface area (TPSA) is 66.9 Å². The van der Waals surface area contributed by atoms with Crippen molar-refractivity contribution in [2.24, 2.45) is 11.8 Å². The monoisotopic (exact) mass is 358 g/mol. The maximum atomic E-state index is 13.2. The van der Waals surface area contributed by atoms with Crippen LogP contribution in [-0.4, -0.2) is 47.3 Å². The maximum absolute atomic E-state index is 13.2. The molecule has 140 valence electrons. The first-order valence-corrected chi connectivity index (χ1v) is 8.75. The van der Waals surface area contributed by atoms with Gasteiger partial charge in [-0.05, 0) is 11.5 Å². The third-order valence-electron chi connectivity index (χ3n) is 4.34. The minimum atomic E-state index is -0.651. The highest BCUT2D eigenvalue weighted by molar-refractivity contribution is 5.99. The Morgan fingerprint density at radius 1 is 1.12 bits per heavy atom. The Hall–Kier alpha value is -2.63. The molecule has 0 saturated heterocycles. The molecule has 0 aliphatic carbocycles. The van der Waals surface area contributed by atoms with Gasteiger partial charge in [0.25, 0.3) is 5.91 Å². The van der Waals surface area contributed by atoms with Crippen LogP contribution in [-0.2, 0) is 19.1 Å². The molecule has 1 unspecified atom stereocenters. The molecule has 2 rings (SSSR count). The number of esters is 1. The van der Waals surface area contributed by atoms with Gasteiger partial charge >= 0.3 is 5.97 Å². The van der Waals surface area contributed by atoms with E-state index < -0.39 is 12.0 Å². The molecule has 6 heteroatoms. The summed E-state index contributed by atoms with van der Waals surface area (Å²) in [5, 5.41) is 0. The number of ether oxygens (including phenoxy) is 1. The van der Waals surface area contributed by atoms with Crippen LogP contribution in [0.5, 0.6) is 0 Å². The lowest BCUT2D eigenvalue weighted by Crippen LogP contribution is -2.56. The van der Waals surface area contributed by atoms with Gasteiger partial charge in [-0.25, -0.2) is 0 Å². The van der Waals surface area contributed by atoms with Crippen LogP contribution in [0.1, 0.15) is 33.3 Å². The second-order valence-electron chi connectivity index (χ2n) is 6.97. The van der Waals surface area contributed by atoms with Gasteiger partial charge in [0.15, 0.2) is 0 Å². The number of carbonyl (C=O) groups excluding carboxylic acids is 3. The quantitative estimate of drug-likeness (QED) is 0.759. The zero-order valence-electron chi connectivity index (χ0n) is 15.9. The normalized spacial score (nSPS) is 17.6. The lowest BCUT2D eigenvalue weighted by atomic mass is 9.96. The molecule has 1 aromatic rings. The zero-order valence-corrected chi connectivity index (χ0v) is 15.9. The number of hydrogen-bond donors (Lipinski definition) is 0. The molecule has 0 bridgehead atoms. The van der Waals surface area contributed by atoms with Crippen LogP contribution in [0.4, 0.5) is 0 Å². The molecule has 1 aliphatic rings. The van der Waals surface area contributed by atoms with E-state index in [1.165, 1.54) is 16.9 Å². The van der Waals surface area contributed by atoms with Gasteiger partial charge in [-0.3, -0.25) is 19.3 Å². The molecule has 1 atom stereocenters. The van der Waals surface area contributed by atoms with Gasteiger partial charge < -0.3 is 9.64 Å². The van der Waals surface area contributed by atoms with E-state index >= 15 is 0 Å². The maximum Gasteiger partial charge on any atom is 0.325 e. The molecule has 0 fully saturated rings. The summed E-state index contributed by atoms with van der Waals surface area (Å²) in [6, 6.07) is 8.60. The lowest BCUT2D eigenvalue weighted by molar-refractivity contribution is -0.150. The zero-order chi connectivity index (χ0) is 19.4. The smallest absolute Gasteiger partial charge is 0.325 e. The fourth-order valence-corrected chi connectivity index (χ4v) is 2.98. The first-order valence-electron chi connectivity index (χ1n) is 8.75. The molecule has 0 radical (unpaired) electrons. The summed E-state index contributed by atoms with van der Waals surface area (Å²) in [5.74, 6) is -1.25. The molecule has 1 aromatic carbocycles. The third kappa shape index (κ3) is 3.95. The molecule has 2 amide bonds. The van der Waals surface area contributed by atoms with Gasteiger partial charge in [0.2, 0.25) is 5.91 Å². The second kappa shape index (κ2) is 8.17. The summed E-state index contributed by atoms with van der Waals surface area (Å²) in [5.41, 5.74) is 1.28. The van der Waals surface area contributed by atoms with Crippen LogP contribution in [0, 0.1) is 11.8 Å². The molecule has 1 heterocycles. The molecule has 0 N–H and O–H groups in total. The van der Waals surface area contributed by atoms with E-state index in [4.69, 9.17) is 4.74 Å². The summed E-state index contributed by atoms with van der Waals surface area (Å²) >= 11 is 0. The van der Waals surface area contributed by atoms with Gasteiger partial charge in [0.1, 0.15) is 12.6 Å². The molecule has 1 aliphatic heterocycles. The van der Waals surface area contributed by atoms with E-state index in [0.29, 0.717) is 5.70 Å². The van der Waals surface area contributed by atoms with Crippen LogP contribution in [0.2, 0.25) is 0 Å². The van der Waals surface area contributed by atoms with E-state index in [1.54, 1.807) is 20.0 Å². The van der Waals surface area contributed by atoms with Gasteiger partial charge in [0.05, 0.1) is 12.8 Å².